The number of aryl methyl sites for hydroxylation is 1. The molecule has 0 spiro atoms. The third-order valence-corrected chi connectivity index (χ3v) is 2.98. The van der Waals surface area contributed by atoms with Crippen LogP contribution in [0.15, 0.2) is 23.2 Å². The summed E-state index contributed by atoms with van der Waals surface area (Å²) in [5.41, 5.74) is 0.760. The van der Waals surface area contributed by atoms with E-state index in [0.29, 0.717) is 6.42 Å². The molecule has 0 fully saturated rings. The minimum Gasteiger partial charge on any atom is -0.294 e. The van der Waals surface area contributed by atoms with E-state index in [2.05, 4.69) is 17.0 Å². The Balaban J connectivity index is 2.09. The van der Waals surface area contributed by atoms with E-state index in [4.69, 9.17) is 0 Å². The highest BCUT2D eigenvalue weighted by atomic mass is 32.1. The second kappa shape index (κ2) is 5.03. The Morgan fingerprint density at radius 1 is 1.56 bits per heavy atom. The molecule has 2 heterocycles. The number of Topliss-reactive ketones (excluding diaryl/α,β-unsaturated/α-hetero) is 1. The fourth-order valence-corrected chi connectivity index (χ4v) is 2.15. The maximum Gasteiger partial charge on any atom is 0.171 e. The van der Waals surface area contributed by atoms with Gasteiger partial charge < -0.3 is 0 Å². The SMILES string of the molecule is CCCn1ncnc1CC(=O)c1ccsc1. The Kier molecular flexibility index (Phi) is 3.46. The number of ketones is 1. The lowest BCUT2D eigenvalue weighted by Crippen LogP contribution is -2.11. The molecule has 4 nitrogen and oxygen atoms in total. The van der Waals surface area contributed by atoms with Gasteiger partial charge in [0.15, 0.2) is 5.78 Å². The van der Waals surface area contributed by atoms with Crippen LogP contribution in [-0.4, -0.2) is 20.5 Å². The highest BCUT2D eigenvalue weighted by molar-refractivity contribution is 7.08. The fourth-order valence-electron chi connectivity index (χ4n) is 1.49. The van der Waals surface area contributed by atoms with Crippen LogP contribution < -0.4 is 0 Å². The summed E-state index contributed by atoms with van der Waals surface area (Å²) in [6.07, 6.45) is 2.83. The largest absolute Gasteiger partial charge is 0.294 e. The molecule has 0 saturated carbocycles. The molecule has 2 aromatic rings. The first kappa shape index (κ1) is 11.0. The Bertz CT molecular complexity index is 461. The maximum atomic E-state index is 11.9. The number of hydrogen-bond donors (Lipinski definition) is 0. The summed E-state index contributed by atoms with van der Waals surface area (Å²) in [7, 11) is 0. The highest BCUT2D eigenvalue weighted by Crippen LogP contribution is 2.09. The number of thiophene rings is 1. The van der Waals surface area contributed by atoms with Crippen molar-refractivity contribution < 1.29 is 4.79 Å². The van der Waals surface area contributed by atoms with E-state index in [1.165, 1.54) is 17.7 Å². The lowest BCUT2D eigenvalue weighted by molar-refractivity contribution is 0.0989. The first-order valence-corrected chi connectivity index (χ1v) is 6.17. The Labute approximate surface area is 97.9 Å². The van der Waals surface area contributed by atoms with Gasteiger partial charge in [0.1, 0.15) is 12.2 Å². The first-order chi connectivity index (χ1) is 7.81. The Morgan fingerprint density at radius 2 is 2.44 bits per heavy atom. The molecular formula is C11H13N3OS. The van der Waals surface area contributed by atoms with Crippen LogP contribution in [0.2, 0.25) is 0 Å². The summed E-state index contributed by atoms with van der Waals surface area (Å²) in [6.45, 7) is 2.89. The number of carbonyl (C=O) groups excluding carboxylic acids is 1. The van der Waals surface area contributed by atoms with E-state index in [9.17, 15) is 4.79 Å². The van der Waals surface area contributed by atoms with Gasteiger partial charge in [0.05, 0.1) is 6.42 Å². The molecule has 0 atom stereocenters. The highest BCUT2D eigenvalue weighted by Gasteiger charge is 2.11. The van der Waals surface area contributed by atoms with Crippen LogP contribution in [0.3, 0.4) is 0 Å². The van der Waals surface area contributed by atoms with Crippen molar-refractivity contribution in [2.75, 3.05) is 0 Å². The van der Waals surface area contributed by atoms with Crippen LogP contribution >= 0.6 is 11.3 Å². The average Bonchev–Trinajstić information content (AvgIpc) is 2.90. The van der Waals surface area contributed by atoms with Crippen molar-refractivity contribution in [1.82, 2.24) is 14.8 Å². The monoisotopic (exact) mass is 235 g/mol. The molecule has 0 saturated heterocycles. The third kappa shape index (κ3) is 2.36. The maximum absolute atomic E-state index is 11.9. The van der Waals surface area contributed by atoms with Crippen molar-refractivity contribution in [2.45, 2.75) is 26.3 Å². The standard InChI is InChI=1S/C11H13N3OS/c1-2-4-14-11(12-8-13-14)6-10(15)9-3-5-16-7-9/h3,5,7-8H,2,4,6H2,1H3. The number of nitrogens with zero attached hydrogens (tertiary/aromatic N) is 3. The average molecular weight is 235 g/mol. The number of carbonyl (C=O) groups is 1. The predicted molar refractivity (Wildman–Crippen MR) is 62.7 cm³/mol. The molecule has 0 bridgehead atoms. The van der Waals surface area contributed by atoms with E-state index in [1.807, 2.05) is 16.8 Å². The molecule has 2 rings (SSSR count). The van der Waals surface area contributed by atoms with Gasteiger partial charge in [-0.05, 0) is 17.9 Å². The Morgan fingerprint density at radius 3 is 3.12 bits per heavy atom. The number of rotatable bonds is 5. The zero-order valence-corrected chi connectivity index (χ0v) is 9.91. The van der Waals surface area contributed by atoms with Gasteiger partial charge in [0, 0.05) is 17.5 Å². The summed E-state index contributed by atoms with van der Waals surface area (Å²) in [6, 6.07) is 1.84. The molecule has 0 aromatic carbocycles. The summed E-state index contributed by atoms with van der Waals surface area (Å²) in [5, 5.41) is 7.87. The Hall–Kier alpha value is -1.49. The topological polar surface area (TPSA) is 47.8 Å². The van der Waals surface area contributed by atoms with E-state index in [-0.39, 0.29) is 5.78 Å². The smallest absolute Gasteiger partial charge is 0.171 e. The van der Waals surface area contributed by atoms with Crippen molar-refractivity contribution in [3.8, 4) is 0 Å². The van der Waals surface area contributed by atoms with Crippen molar-refractivity contribution in [3.63, 3.8) is 0 Å². The van der Waals surface area contributed by atoms with Gasteiger partial charge in [0.2, 0.25) is 0 Å². The minimum atomic E-state index is 0.103. The van der Waals surface area contributed by atoms with Gasteiger partial charge in [-0.2, -0.15) is 16.4 Å². The second-order valence-corrected chi connectivity index (χ2v) is 4.29. The summed E-state index contributed by atoms with van der Waals surface area (Å²) in [4.78, 5) is 16.0. The molecule has 0 amide bonds. The van der Waals surface area contributed by atoms with Crippen molar-refractivity contribution in [2.24, 2.45) is 0 Å². The fraction of sp³-hybridized carbons (Fsp3) is 0.364. The van der Waals surface area contributed by atoms with E-state index < -0.39 is 0 Å². The quantitative estimate of drug-likeness (QED) is 0.746. The molecule has 0 N–H and O–H groups in total. The summed E-state index contributed by atoms with van der Waals surface area (Å²) < 4.78 is 1.80. The van der Waals surface area contributed by atoms with Crippen molar-refractivity contribution >= 4 is 17.1 Å². The van der Waals surface area contributed by atoms with Crippen LogP contribution in [0.1, 0.15) is 29.5 Å². The normalized spacial score (nSPS) is 10.6. The van der Waals surface area contributed by atoms with Crippen molar-refractivity contribution in [1.29, 1.82) is 0 Å². The van der Waals surface area contributed by atoms with E-state index in [1.54, 1.807) is 4.68 Å². The molecule has 5 heteroatoms. The molecule has 16 heavy (non-hydrogen) atoms. The molecular weight excluding hydrogens is 222 g/mol. The molecule has 0 radical (unpaired) electrons. The van der Waals surface area contributed by atoms with Crippen LogP contribution in [0, 0.1) is 0 Å². The molecule has 84 valence electrons. The molecule has 0 aliphatic carbocycles. The van der Waals surface area contributed by atoms with Gasteiger partial charge in [-0.3, -0.25) is 4.79 Å². The zero-order chi connectivity index (χ0) is 11.4. The molecule has 0 aliphatic rings. The summed E-state index contributed by atoms with van der Waals surface area (Å²) in [5.74, 6) is 0.852. The van der Waals surface area contributed by atoms with E-state index >= 15 is 0 Å². The second-order valence-electron chi connectivity index (χ2n) is 3.51. The van der Waals surface area contributed by atoms with Crippen LogP contribution in [0.4, 0.5) is 0 Å². The van der Waals surface area contributed by atoms with E-state index in [0.717, 1.165) is 24.4 Å². The van der Waals surface area contributed by atoms with Gasteiger partial charge in [-0.25, -0.2) is 9.67 Å². The molecule has 0 aliphatic heterocycles. The molecule has 2 aromatic heterocycles. The van der Waals surface area contributed by atoms with Crippen LogP contribution in [0.25, 0.3) is 0 Å². The third-order valence-electron chi connectivity index (χ3n) is 2.29. The van der Waals surface area contributed by atoms with Crippen molar-refractivity contribution in [3.05, 3.63) is 34.5 Å². The first-order valence-electron chi connectivity index (χ1n) is 5.23. The predicted octanol–water partition coefficient (Wildman–Crippen LogP) is 2.17. The van der Waals surface area contributed by atoms with Gasteiger partial charge in [-0.1, -0.05) is 6.92 Å². The minimum absolute atomic E-state index is 0.103. The number of aromatic nitrogens is 3. The molecule has 0 unspecified atom stereocenters. The van der Waals surface area contributed by atoms with Crippen LogP contribution in [-0.2, 0) is 13.0 Å². The van der Waals surface area contributed by atoms with Gasteiger partial charge >= 0.3 is 0 Å². The lowest BCUT2D eigenvalue weighted by atomic mass is 10.1. The van der Waals surface area contributed by atoms with Crippen LogP contribution in [0.5, 0.6) is 0 Å². The zero-order valence-electron chi connectivity index (χ0n) is 9.09. The van der Waals surface area contributed by atoms with Gasteiger partial charge in [0.25, 0.3) is 0 Å². The summed E-state index contributed by atoms with van der Waals surface area (Å²) >= 11 is 1.53. The number of hydrogen-bond acceptors (Lipinski definition) is 4. The van der Waals surface area contributed by atoms with Gasteiger partial charge in [-0.15, -0.1) is 0 Å². The lowest BCUT2D eigenvalue weighted by Gasteiger charge is -2.02.